The minimum atomic E-state index is -0.538. The van der Waals surface area contributed by atoms with E-state index in [2.05, 4.69) is 48.1 Å². The van der Waals surface area contributed by atoms with Crippen LogP contribution in [0.25, 0.3) is 0 Å². The number of carbonyl (C=O) groups is 1. The minimum Gasteiger partial charge on any atom is -0.481 e. The van der Waals surface area contributed by atoms with E-state index in [0.717, 1.165) is 44.9 Å². The van der Waals surface area contributed by atoms with Crippen LogP contribution in [0.1, 0.15) is 106 Å². The molecule has 0 aromatic rings. The predicted molar refractivity (Wildman–Crippen MR) is 133 cm³/mol. The lowest BCUT2D eigenvalue weighted by Gasteiger charge is -2.74. The number of aliphatic carboxylic acids is 1. The van der Waals surface area contributed by atoms with Gasteiger partial charge in [0.1, 0.15) is 0 Å². The molecule has 0 saturated heterocycles. The summed E-state index contributed by atoms with van der Waals surface area (Å²) < 4.78 is 0. The van der Waals surface area contributed by atoms with Gasteiger partial charge in [-0.05, 0) is 122 Å². The predicted octanol–water partition coefficient (Wildman–Crippen LogP) is 7.09. The average Bonchev–Trinajstić information content (AvgIpc) is 3.13. The number of hydrogen-bond donors (Lipinski definition) is 2. The van der Waals surface area contributed by atoms with Crippen molar-refractivity contribution in [3.63, 3.8) is 0 Å². The molecule has 3 nitrogen and oxygen atoms in total. The Morgan fingerprint density at radius 1 is 0.788 bits per heavy atom. The summed E-state index contributed by atoms with van der Waals surface area (Å²) in [5.41, 5.74) is 1.32. The van der Waals surface area contributed by atoms with Crippen LogP contribution in [0.2, 0.25) is 0 Å². The van der Waals surface area contributed by atoms with Crippen molar-refractivity contribution in [1.82, 2.24) is 0 Å². The fourth-order valence-corrected chi connectivity index (χ4v) is 11.3. The molecule has 0 aromatic carbocycles. The molecular weight excluding hydrogens is 408 g/mol. The van der Waals surface area contributed by atoms with Gasteiger partial charge in [-0.15, -0.1) is 0 Å². The molecule has 186 valence electrons. The number of carboxylic acid groups (broad SMARTS) is 1. The van der Waals surface area contributed by atoms with Gasteiger partial charge in [0.2, 0.25) is 0 Å². The molecule has 3 heteroatoms. The molecule has 0 amide bonds. The topological polar surface area (TPSA) is 57.5 Å². The molecule has 0 radical (unpaired) electrons. The summed E-state index contributed by atoms with van der Waals surface area (Å²) in [5, 5.41) is 21.4. The summed E-state index contributed by atoms with van der Waals surface area (Å²) >= 11 is 0. The highest BCUT2D eigenvalue weighted by Crippen LogP contribution is 2.78. The Labute approximate surface area is 201 Å². The highest BCUT2D eigenvalue weighted by molar-refractivity contribution is 5.76. The number of aliphatic hydroxyl groups excluding tert-OH is 1. The monoisotopic (exact) mass is 456 g/mol. The van der Waals surface area contributed by atoms with Gasteiger partial charge < -0.3 is 10.2 Å². The van der Waals surface area contributed by atoms with Crippen LogP contribution in [-0.4, -0.2) is 22.3 Å². The highest BCUT2D eigenvalue weighted by atomic mass is 16.4. The molecule has 5 rings (SSSR count). The molecule has 5 aliphatic rings. The van der Waals surface area contributed by atoms with Gasteiger partial charge in [0.25, 0.3) is 0 Å². The van der Waals surface area contributed by atoms with E-state index in [9.17, 15) is 15.0 Å². The first kappa shape index (κ1) is 23.9. The zero-order valence-electron chi connectivity index (χ0n) is 22.0. The maximum absolute atomic E-state index is 12.8. The Morgan fingerprint density at radius 3 is 2.06 bits per heavy atom. The van der Waals surface area contributed by atoms with E-state index >= 15 is 0 Å². The lowest BCUT2D eigenvalue weighted by atomic mass is 9.31. The lowest BCUT2D eigenvalue weighted by Crippen LogP contribution is -2.68. The third kappa shape index (κ3) is 2.70. The quantitative estimate of drug-likeness (QED) is 0.436. The van der Waals surface area contributed by atoms with Crippen LogP contribution in [0.3, 0.4) is 0 Å². The van der Waals surface area contributed by atoms with E-state index in [4.69, 9.17) is 0 Å². The number of rotatable bonds is 2. The van der Waals surface area contributed by atoms with Gasteiger partial charge in [-0.25, -0.2) is 0 Å². The van der Waals surface area contributed by atoms with Crippen molar-refractivity contribution >= 4 is 5.97 Å². The van der Waals surface area contributed by atoms with Crippen molar-refractivity contribution < 1.29 is 15.0 Å². The molecule has 10 atom stereocenters. The fraction of sp³-hybridized carbons (Fsp3) is 0.900. The Bertz CT molecular complexity index is 861. The minimum absolute atomic E-state index is 0.00740. The molecule has 5 fully saturated rings. The van der Waals surface area contributed by atoms with Gasteiger partial charge in [-0.1, -0.05) is 46.8 Å². The van der Waals surface area contributed by atoms with Crippen LogP contribution in [-0.2, 0) is 4.79 Å². The largest absolute Gasteiger partial charge is 0.481 e. The standard InChI is InChI=1S/C30H48O3/c1-18(2)19-10-15-30(25(32)33)17-16-28(6)22(24(19)30)11-13-27(5)21-8-9-23(31)26(3,4)20(21)12-14-29(27,28)7/h19-24,31H,1,8-17H2,2-7H3,(H,32,33). The summed E-state index contributed by atoms with van der Waals surface area (Å²) in [5.74, 6) is 1.80. The molecule has 0 aliphatic heterocycles. The number of hydrogen-bond acceptors (Lipinski definition) is 2. The van der Waals surface area contributed by atoms with Crippen molar-refractivity contribution in [3.05, 3.63) is 12.2 Å². The number of aliphatic hydroxyl groups is 1. The van der Waals surface area contributed by atoms with Crippen molar-refractivity contribution in [2.45, 2.75) is 112 Å². The SMILES string of the molecule is C=C(C)C1CCC2(C(=O)O)CCC3(C)C(CCC4(C)C5CCC(O)C(C)(C)C5CCC34C)C12. The maximum atomic E-state index is 12.8. The Hall–Kier alpha value is -0.830. The van der Waals surface area contributed by atoms with Crippen molar-refractivity contribution in [2.75, 3.05) is 0 Å². The van der Waals surface area contributed by atoms with Crippen LogP contribution >= 0.6 is 0 Å². The Kier molecular flexibility index (Phi) is 5.15. The molecule has 5 saturated carbocycles. The number of fused-ring (bicyclic) bond motifs is 7. The summed E-state index contributed by atoms with van der Waals surface area (Å²) in [6.07, 6.45) is 10.4. The molecule has 0 spiro atoms. The highest BCUT2D eigenvalue weighted by Gasteiger charge is 2.73. The Morgan fingerprint density at radius 2 is 1.42 bits per heavy atom. The summed E-state index contributed by atoms with van der Waals surface area (Å²) in [7, 11) is 0. The van der Waals surface area contributed by atoms with Gasteiger partial charge in [0.05, 0.1) is 11.5 Å². The molecular formula is C30H48O3. The van der Waals surface area contributed by atoms with Gasteiger partial charge in [-0.2, -0.15) is 0 Å². The van der Waals surface area contributed by atoms with E-state index < -0.39 is 11.4 Å². The van der Waals surface area contributed by atoms with E-state index in [1.807, 2.05) is 0 Å². The molecule has 5 aliphatic carbocycles. The van der Waals surface area contributed by atoms with E-state index in [1.54, 1.807) is 0 Å². The first-order valence-electron chi connectivity index (χ1n) is 13.8. The average molecular weight is 457 g/mol. The fourth-order valence-electron chi connectivity index (χ4n) is 11.3. The van der Waals surface area contributed by atoms with E-state index in [0.29, 0.717) is 23.7 Å². The second-order valence-corrected chi connectivity index (χ2v) is 14.5. The van der Waals surface area contributed by atoms with Gasteiger partial charge >= 0.3 is 5.97 Å². The van der Waals surface area contributed by atoms with Gasteiger partial charge in [0.15, 0.2) is 0 Å². The lowest BCUT2D eigenvalue weighted by molar-refractivity contribution is -0.259. The van der Waals surface area contributed by atoms with Crippen molar-refractivity contribution in [3.8, 4) is 0 Å². The van der Waals surface area contributed by atoms with Crippen LogP contribution < -0.4 is 0 Å². The Balaban J connectivity index is 1.57. The second-order valence-electron chi connectivity index (χ2n) is 14.5. The van der Waals surface area contributed by atoms with Crippen LogP contribution in [0, 0.1) is 56.7 Å². The summed E-state index contributed by atoms with van der Waals surface area (Å²) in [6.45, 7) is 18.9. The van der Waals surface area contributed by atoms with Gasteiger partial charge in [0, 0.05) is 0 Å². The molecule has 33 heavy (non-hydrogen) atoms. The van der Waals surface area contributed by atoms with Crippen LogP contribution in [0.5, 0.6) is 0 Å². The normalized spacial score (nSPS) is 55.0. The van der Waals surface area contributed by atoms with Crippen molar-refractivity contribution in [2.24, 2.45) is 56.7 Å². The van der Waals surface area contributed by atoms with E-state index in [1.165, 1.54) is 24.8 Å². The molecule has 0 aromatic heterocycles. The van der Waals surface area contributed by atoms with E-state index in [-0.39, 0.29) is 33.7 Å². The second kappa shape index (κ2) is 7.11. The third-order valence-corrected chi connectivity index (χ3v) is 13.7. The maximum Gasteiger partial charge on any atom is 0.309 e. The number of allylic oxidation sites excluding steroid dienone is 1. The van der Waals surface area contributed by atoms with Crippen LogP contribution in [0.15, 0.2) is 12.2 Å². The molecule has 10 unspecified atom stereocenters. The summed E-state index contributed by atoms with van der Waals surface area (Å²) in [4.78, 5) is 12.8. The third-order valence-electron chi connectivity index (χ3n) is 13.7. The molecule has 0 bridgehead atoms. The zero-order chi connectivity index (χ0) is 24.2. The zero-order valence-corrected chi connectivity index (χ0v) is 22.0. The summed E-state index contributed by atoms with van der Waals surface area (Å²) in [6, 6.07) is 0. The van der Waals surface area contributed by atoms with Crippen molar-refractivity contribution in [1.29, 1.82) is 0 Å². The molecule has 0 heterocycles. The smallest absolute Gasteiger partial charge is 0.309 e. The van der Waals surface area contributed by atoms with Crippen LogP contribution in [0.4, 0.5) is 0 Å². The number of carboxylic acids is 1. The van der Waals surface area contributed by atoms with Gasteiger partial charge in [-0.3, -0.25) is 4.79 Å². The first-order valence-corrected chi connectivity index (χ1v) is 13.8. The molecule has 2 N–H and O–H groups in total. The first-order chi connectivity index (χ1) is 15.3.